The van der Waals surface area contributed by atoms with Gasteiger partial charge in [-0.25, -0.2) is 4.98 Å². The van der Waals surface area contributed by atoms with E-state index < -0.39 is 0 Å². The van der Waals surface area contributed by atoms with Gasteiger partial charge in [0.2, 0.25) is 0 Å². The molecule has 1 heterocycles. The quantitative estimate of drug-likeness (QED) is 0.590. The van der Waals surface area contributed by atoms with Crippen molar-refractivity contribution in [3.8, 4) is 0 Å². The predicted molar refractivity (Wildman–Crippen MR) is 89.1 cm³/mol. The number of hydrogen-bond acceptors (Lipinski definition) is 3. The van der Waals surface area contributed by atoms with E-state index in [1.165, 1.54) is 11.3 Å². The van der Waals surface area contributed by atoms with Crippen molar-refractivity contribution in [2.24, 2.45) is 0 Å². The van der Waals surface area contributed by atoms with Crippen LogP contribution in [0.5, 0.6) is 0 Å². The van der Waals surface area contributed by atoms with E-state index >= 15 is 0 Å². The highest BCUT2D eigenvalue weighted by Crippen LogP contribution is 2.34. The number of rotatable bonds is 2. The molecule has 0 saturated heterocycles. The van der Waals surface area contributed by atoms with E-state index in [1.54, 1.807) is 6.07 Å². The van der Waals surface area contributed by atoms with Gasteiger partial charge in [0.05, 0.1) is 20.9 Å². The molecule has 0 unspecified atom stereocenters. The number of halogens is 3. The summed E-state index contributed by atoms with van der Waals surface area (Å²) in [6, 6.07) is 9.27. The lowest BCUT2D eigenvalue weighted by molar-refractivity contribution is 1.42. The summed E-state index contributed by atoms with van der Waals surface area (Å²) in [5.41, 5.74) is 2.55. The fourth-order valence-corrected chi connectivity index (χ4v) is 3.27. The summed E-state index contributed by atoms with van der Waals surface area (Å²) < 4.78 is 1.06. The number of nitrogens with zero attached hydrogens (tertiary/aromatic N) is 1. The molecule has 0 aliphatic carbocycles. The normalized spacial score (nSPS) is 11.0. The van der Waals surface area contributed by atoms with Crippen molar-refractivity contribution in [3.05, 3.63) is 51.0 Å². The molecule has 0 saturated carbocycles. The molecule has 0 bridgehead atoms. The minimum absolute atomic E-state index is 0.615. The minimum atomic E-state index is 0.615. The van der Waals surface area contributed by atoms with E-state index in [0.29, 0.717) is 15.1 Å². The van der Waals surface area contributed by atoms with Crippen LogP contribution in [0.3, 0.4) is 0 Å². The highest BCUT2D eigenvalue weighted by molar-refractivity contribution is 7.22. The predicted octanol–water partition coefficient (Wildman–Crippen LogP) is 6.31. The number of aromatic nitrogens is 1. The highest BCUT2D eigenvalue weighted by Gasteiger charge is 2.09. The van der Waals surface area contributed by atoms with Gasteiger partial charge in [0.15, 0.2) is 5.13 Å². The van der Waals surface area contributed by atoms with E-state index in [-0.39, 0.29) is 0 Å². The summed E-state index contributed by atoms with van der Waals surface area (Å²) in [5, 5.41) is 5.91. The maximum Gasteiger partial charge on any atom is 0.188 e. The second-order valence-electron chi connectivity index (χ2n) is 4.34. The summed E-state index contributed by atoms with van der Waals surface area (Å²) in [4.78, 5) is 4.48. The largest absolute Gasteiger partial charge is 0.330 e. The van der Waals surface area contributed by atoms with Crippen LogP contribution in [0.4, 0.5) is 10.8 Å². The van der Waals surface area contributed by atoms with Crippen molar-refractivity contribution >= 4 is 67.2 Å². The number of benzene rings is 2. The molecule has 2 nitrogen and oxygen atoms in total. The van der Waals surface area contributed by atoms with Crippen LogP contribution in [0.15, 0.2) is 30.3 Å². The van der Waals surface area contributed by atoms with Crippen molar-refractivity contribution in [3.63, 3.8) is 0 Å². The third kappa shape index (κ3) is 2.72. The van der Waals surface area contributed by atoms with E-state index in [1.807, 2.05) is 31.2 Å². The van der Waals surface area contributed by atoms with Crippen molar-refractivity contribution in [1.29, 1.82) is 0 Å². The molecule has 1 aromatic heterocycles. The standard InChI is InChI=1S/C14H9Cl3N2S/c1-7-4-10(17)11(6-9(7)16)18-14-19-12-5-8(15)2-3-13(12)20-14/h2-6H,1H3,(H,18,19). The first-order valence-corrected chi connectivity index (χ1v) is 7.77. The lowest BCUT2D eigenvalue weighted by Gasteiger charge is -2.07. The molecular formula is C14H9Cl3N2S. The molecule has 3 aromatic rings. The second kappa shape index (κ2) is 5.41. The van der Waals surface area contributed by atoms with Gasteiger partial charge in [-0.1, -0.05) is 46.1 Å². The highest BCUT2D eigenvalue weighted by atomic mass is 35.5. The van der Waals surface area contributed by atoms with Crippen molar-refractivity contribution in [1.82, 2.24) is 4.98 Å². The lowest BCUT2D eigenvalue weighted by Crippen LogP contribution is -1.91. The number of anilines is 2. The van der Waals surface area contributed by atoms with Gasteiger partial charge < -0.3 is 5.32 Å². The summed E-state index contributed by atoms with van der Waals surface area (Å²) >= 11 is 19.8. The fourth-order valence-electron chi connectivity index (χ4n) is 1.81. The molecule has 1 N–H and O–H groups in total. The molecule has 2 aromatic carbocycles. The first kappa shape index (κ1) is 14.0. The van der Waals surface area contributed by atoms with Crippen molar-refractivity contribution in [2.45, 2.75) is 6.92 Å². The molecule has 0 aliphatic rings. The summed E-state index contributed by atoms with van der Waals surface area (Å²) in [5.74, 6) is 0. The number of fused-ring (bicyclic) bond motifs is 1. The average molecular weight is 344 g/mol. The maximum absolute atomic E-state index is 6.21. The molecular weight excluding hydrogens is 335 g/mol. The zero-order valence-corrected chi connectivity index (χ0v) is 13.5. The average Bonchev–Trinajstić information content (AvgIpc) is 2.77. The number of hydrogen-bond donors (Lipinski definition) is 1. The Bertz CT molecular complexity index is 798. The SMILES string of the molecule is Cc1cc(Cl)c(Nc2nc3cc(Cl)ccc3s2)cc1Cl. The molecule has 0 amide bonds. The summed E-state index contributed by atoms with van der Waals surface area (Å²) in [6.07, 6.45) is 0. The molecule has 0 fully saturated rings. The maximum atomic E-state index is 6.21. The van der Waals surface area contributed by atoms with E-state index in [9.17, 15) is 0 Å². The van der Waals surface area contributed by atoms with E-state index in [0.717, 1.165) is 26.6 Å². The number of nitrogens with one attached hydrogen (secondary N) is 1. The molecule has 0 radical (unpaired) electrons. The lowest BCUT2D eigenvalue weighted by atomic mass is 10.2. The van der Waals surface area contributed by atoms with E-state index in [4.69, 9.17) is 34.8 Å². The van der Waals surface area contributed by atoms with Crippen LogP contribution in [0.1, 0.15) is 5.56 Å². The topological polar surface area (TPSA) is 24.9 Å². The van der Waals surface area contributed by atoms with Gasteiger partial charge in [-0.2, -0.15) is 0 Å². The summed E-state index contributed by atoms with van der Waals surface area (Å²) in [6.45, 7) is 1.91. The summed E-state index contributed by atoms with van der Waals surface area (Å²) in [7, 11) is 0. The first-order chi connectivity index (χ1) is 9.52. The number of thiazole rings is 1. The van der Waals surface area contributed by atoms with Crippen LogP contribution in [-0.4, -0.2) is 4.98 Å². The van der Waals surface area contributed by atoms with Gasteiger partial charge in [0.1, 0.15) is 0 Å². The first-order valence-electron chi connectivity index (χ1n) is 5.82. The molecule has 0 aliphatic heterocycles. The molecule has 0 atom stereocenters. The molecule has 0 spiro atoms. The molecule has 20 heavy (non-hydrogen) atoms. The van der Waals surface area contributed by atoms with Crippen LogP contribution in [0.2, 0.25) is 15.1 Å². The van der Waals surface area contributed by atoms with E-state index in [2.05, 4.69) is 10.3 Å². The van der Waals surface area contributed by atoms with Gasteiger partial charge in [0, 0.05) is 10.0 Å². The Labute approximate surface area is 135 Å². The van der Waals surface area contributed by atoms with Gasteiger partial charge >= 0.3 is 0 Å². The molecule has 102 valence electrons. The van der Waals surface area contributed by atoms with Crippen LogP contribution in [0, 0.1) is 6.92 Å². The third-order valence-corrected chi connectivity index (χ3v) is 4.75. The minimum Gasteiger partial charge on any atom is -0.330 e. The number of aryl methyl sites for hydroxylation is 1. The Morgan fingerprint density at radius 2 is 1.85 bits per heavy atom. The third-order valence-electron chi connectivity index (χ3n) is 2.84. The smallest absolute Gasteiger partial charge is 0.188 e. The zero-order valence-electron chi connectivity index (χ0n) is 10.4. The Morgan fingerprint density at radius 1 is 1.05 bits per heavy atom. The van der Waals surface area contributed by atoms with Gasteiger partial charge in [-0.05, 0) is 42.8 Å². The van der Waals surface area contributed by atoms with Crippen LogP contribution < -0.4 is 5.32 Å². The van der Waals surface area contributed by atoms with Gasteiger partial charge in [-0.15, -0.1) is 0 Å². The second-order valence-corrected chi connectivity index (χ2v) is 6.62. The Morgan fingerprint density at radius 3 is 2.65 bits per heavy atom. The van der Waals surface area contributed by atoms with Crippen molar-refractivity contribution in [2.75, 3.05) is 5.32 Å². The van der Waals surface area contributed by atoms with Gasteiger partial charge in [0.25, 0.3) is 0 Å². The Kier molecular flexibility index (Phi) is 3.78. The molecule has 3 rings (SSSR count). The Balaban J connectivity index is 1.99. The van der Waals surface area contributed by atoms with Crippen LogP contribution in [0.25, 0.3) is 10.2 Å². The zero-order chi connectivity index (χ0) is 14.3. The van der Waals surface area contributed by atoms with Crippen LogP contribution >= 0.6 is 46.1 Å². The fraction of sp³-hybridized carbons (Fsp3) is 0.0714. The van der Waals surface area contributed by atoms with Crippen molar-refractivity contribution < 1.29 is 0 Å². The molecule has 6 heteroatoms. The monoisotopic (exact) mass is 342 g/mol. The Hall–Kier alpha value is -1.00. The van der Waals surface area contributed by atoms with Crippen LogP contribution in [-0.2, 0) is 0 Å². The van der Waals surface area contributed by atoms with Gasteiger partial charge in [-0.3, -0.25) is 0 Å².